The van der Waals surface area contributed by atoms with E-state index in [0.29, 0.717) is 5.92 Å². The van der Waals surface area contributed by atoms with Gasteiger partial charge in [-0.15, -0.1) is 0 Å². The summed E-state index contributed by atoms with van der Waals surface area (Å²) in [6.45, 7) is 2.28. The van der Waals surface area contributed by atoms with E-state index in [4.69, 9.17) is 11.6 Å². The SMILES string of the molecule is CCCCCCCc1ccc(C2CCC(CCc3ccc(CCc4ccc(Cl)cc4)c(F)c3)CC2)cc1. The van der Waals surface area contributed by atoms with Crippen LogP contribution in [0.1, 0.15) is 105 Å². The van der Waals surface area contributed by atoms with Crippen LogP contribution in [0.5, 0.6) is 0 Å². The van der Waals surface area contributed by atoms with E-state index in [1.54, 1.807) is 6.07 Å². The second-order valence-corrected chi connectivity index (χ2v) is 11.7. The minimum Gasteiger partial charge on any atom is -0.207 e. The molecule has 3 aromatic carbocycles. The third kappa shape index (κ3) is 8.99. The molecule has 0 nitrogen and oxygen atoms in total. The van der Waals surface area contributed by atoms with Gasteiger partial charge in [-0.2, -0.15) is 0 Å². The smallest absolute Gasteiger partial charge is 0.126 e. The lowest BCUT2D eigenvalue weighted by molar-refractivity contribution is 0.310. The van der Waals surface area contributed by atoms with Crippen molar-refractivity contribution >= 4 is 11.6 Å². The van der Waals surface area contributed by atoms with Gasteiger partial charge in [-0.1, -0.05) is 92.7 Å². The van der Waals surface area contributed by atoms with Gasteiger partial charge in [0, 0.05) is 5.02 Å². The van der Waals surface area contributed by atoms with Gasteiger partial charge in [0.25, 0.3) is 0 Å². The molecule has 0 amide bonds. The molecule has 0 aliphatic heterocycles. The molecule has 0 aromatic heterocycles. The molecule has 1 aliphatic rings. The van der Waals surface area contributed by atoms with E-state index in [1.165, 1.54) is 87.3 Å². The van der Waals surface area contributed by atoms with E-state index in [-0.39, 0.29) is 5.82 Å². The maximum absolute atomic E-state index is 14.7. The molecule has 0 bridgehead atoms. The van der Waals surface area contributed by atoms with Crippen LogP contribution in [-0.2, 0) is 25.7 Å². The zero-order chi connectivity index (χ0) is 25.9. The minimum absolute atomic E-state index is 0.0559. The summed E-state index contributed by atoms with van der Waals surface area (Å²) in [6.07, 6.45) is 16.9. The maximum Gasteiger partial charge on any atom is 0.126 e. The Hall–Kier alpha value is -2.12. The van der Waals surface area contributed by atoms with Crippen LogP contribution in [0.25, 0.3) is 0 Å². The molecule has 37 heavy (non-hydrogen) atoms. The molecule has 3 aromatic rings. The monoisotopic (exact) mass is 518 g/mol. The normalized spacial score (nSPS) is 17.7. The maximum atomic E-state index is 14.7. The fraction of sp³-hybridized carbons (Fsp3) is 0.486. The topological polar surface area (TPSA) is 0 Å². The van der Waals surface area contributed by atoms with Gasteiger partial charge in [0.15, 0.2) is 0 Å². The van der Waals surface area contributed by atoms with Crippen molar-refractivity contribution in [2.45, 2.75) is 103 Å². The standard InChI is InChI=1S/C35H44ClF/c1-2-3-4-5-6-7-27-10-18-31(19-11-27)32-20-12-28(13-21-32)8-9-30-15-23-33(35(37)26-30)22-14-29-16-24-34(36)25-17-29/h10-11,15-19,23-26,28,32H,2-9,12-14,20-22H2,1H3. The Kier molecular flexibility index (Phi) is 11.1. The number of unbranched alkanes of at least 4 members (excludes halogenated alkanes) is 4. The van der Waals surface area contributed by atoms with Crippen molar-refractivity contribution in [3.8, 4) is 0 Å². The highest BCUT2D eigenvalue weighted by molar-refractivity contribution is 6.30. The fourth-order valence-corrected chi connectivity index (χ4v) is 6.05. The van der Waals surface area contributed by atoms with Gasteiger partial charge in [0.1, 0.15) is 5.82 Å². The number of aryl methyl sites for hydroxylation is 4. The summed E-state index contributed by atoms with van der Waals surface area (Å²) >= 11 is 5.96. The highest BCUT2D eigenvalue weighted by Gasteiger charge is 2.22. The van der Waals surface area contributed by atoms with Gasteiger partial charge in [-0.3, -0.25) is 0 Å². The molecular weight excluding hydrogens is 475 g/mol. The van der Waals surface area contributed by atoms with Gasteiger partial charge in [0.05, 0.1) is 0 Å². The van der Waals surface area contributed by atoms with E-state index in [1.807, 2.05) is 30.3 Å². The number of hydrogen-bond donors (Lipinski definition) is 0. The largest absolute Gasteiger partial charge is 0.207 e. The molecule has 0 unspecified atom stereocenters. The van der Waals surface area contributed by atoms with Crippen molar-refractivity contribution in [2.75, 3.05) is 0 Å². The Balaban J connectivity index is 1.17. The van der Waals surface area contributed by atoms with Crippen LogP contribution in [0.3, 0.4) is 0 Å². The number of benzene rings is 3. The Morgan fingerprint density at radius 2 is 1.32 bits per heavy atom. The first-order valence-corrected chi connectivity index (χ1v) is 15.1. The highest BCUT2D eigenvalue weighted by Crippen LogP contribution is 2.37. The molecule has 0 heterocycles. The van der Waals surface area contributed by atoms with Crippen LogP contribution in [-0.4, -0.2) is 0 Å². The van der Waals surface area contributed by atoms with Crippen LogP contribution in [0.15, 0.2) is 66.7 Å². The first-order chi connectivity index (χ1) is 18.1. The zero-order valence-corrected chi connectivity index (χ0v) is 23.4. The van der Waals surface area contributed by atoms with E-state index < -0.39 is 0 Å². The molecule has 0 radical (unpaired) electrons. The number of rotatable bonds is 13. The molecule has 1 fully saturated rings. The highest BCUT2D eigenvalue weighted by atomic mass is 35.5. The van der Waals surface area contributed by atoms with E-state index in [0.717, 1.165) is 41.3 Å². The lowest BCUT2D eigenvalue weighted by Crippen LogP contribution is -2.14. The molecule has 4 rings (SSSR count). The van der Waals surface area contributed by atoms with Gasteiger partial charge >= 0.3 is 0 Å². The van der Waals surface area contributed by atoms with Crippen LogP contribution in [0.2, 0.25) is 5.02 Å². The summed E-state index contributed by atoms with van der Waals surface area (Å²) in [5.74, 6) is 1.43. The summed E-state index contributed by atoms with van der Waals surface area (Å²) < 4.78 is 14.7. The average Bonchev–Trinajstić information content (AvgIpc) is 2.93. The quantitative estimate of drug-likeness (QED) is 0.197. The Bertz CT molecular complexity index is 1060. The van der Waals surface area contributed by atoms with Crippen molar-refractivity contribution in [2.24, 2.45) is 5.92 Å². The third-order valence-corrected chi connectivity index (χ3v) is 8.67. The molecule has 0 spiro atoms. The molecular formula is C35H44ClF. The fourth-order valence-electron chi connectivity index (χ4n) is 5.92. The Labute approximate surface area is 229 Å². The van der Waals surface area contributed by atoms with Crippen molar-refractivity contribution in [3.05, 3.63) is 105 Å². The van der Waals surface area contributed by atoms with Gasteiger partial charge in [-0.25, -0.2) is 4.39 Å². The molecule has 198 valence electrons. The van der Waals surface area contributed by atoms with Crippen molar-refractivity contribution in [1.29, 1.82) is 0 Å². The summed E-state index contributed by atoms with van der Waals surface area (Å²) in [5.41, 5.74) is 6.17. The van der Waals surface area contributed by atoms with Gasteiger partial charge < -0.3 is 0 Å². The average molecular weight is 519 g/mol. The third-order valence-electron chi connectivity index (χ3n) is 8.42. The summed E-state index contributed by atoms with van der Waals surface area (Å²) in [4.78, 5) is 0. The second-order valence-electron chi connectivity index (χ2n) is 11.2. The Morgan fingerprint density at radius 1 is 0.676 bits per heavy atom. The first kappa shape index (κ1) is 27.9. The zero-order valence-electron chi connectivity index (χ0n) is 22.7. The number of hydrogen-bond acceptors (Lipinski definition) is 0. The molecule has 0 atom stereocenters. The van der Waals surface area contributed by atoms with E-state index in [9.17, 15) is 4.39 Å². The van der Waals surface area contributed by atoms with Crippen molar-refractivity contribution < 1.29 is 4.39 Å². The molecule has 2 heteroatoms. The minimum atomic E-state index is -0.0559. The van der Waals surface area contributed by atoms with E-state index in [2.05, 4.69) is 37.3 Å². The predicted octanol–water partition coefficient (Wildman–Crippen LogP) is 10.7. The van der Waals surface area contributed by atoms with Crippen LogP contribution >= 0.6 is 11.6 Å². The van der Waals surface area contributed by atoms with Crippen molar-refractivity contribution in [3.63, 3.8) is 0 Å². The van der Waals surface area contributed by atoms with Crippen LogP contribution in [0, 0.1) is 11.7 Å². The molecule has 1 saturated carbocycles. The lowest BCUT2D eigenvalue weighted by atomic mass is 9.76. The summed E-state index contributed by atoms with van der Waals surface area (Å²) in [6, 6.07) is 23.3. The number of halogens is 2. The van der Waals surface area contributed by atoms with Gasteiger partial charge in [-0.05, 0) is 122 Å². The molecule has 0 N–H and O–H groups in total. The molecule has 0 saturated heterocycles. The van der Waals surface area contributed by atoms with Crippen molar-refractivity contribution in [1.82, 2.24) is 0 Å². The predicted molar refractivity (Wildman–Crippen MR) is 157 cm³/mol. The van der Waals surface area contributed by atoms with Crippen LogP contribution < -0.4 is 0 Å². The summed E-state index contributed by atoms with van der Waals surface area (Å²) in [7, 11) is 0. The van der Waals surface area contributed by atoms with Crippen LogP contribution in [0.4, 0.5) is 4.39 Å². The van der Waals surface area contributed by atoms with E-state index >= 15 is 0 Å². The lowest BCUT2D eigenvalue weighted by Gasteiger charge is -2.29. The Morgan fingerprint density at radius 3 is 2.03 bits per heavy atom. The first-order valence-electron chi connectivity index (χ1n) is 14.7. The second kappa shape index (κ2) is 14.7. The summed E-state index contributed by atoms with van der Waals surface area (Å²) in [5, 5.41) is 0.741. The van der Waals surface area contributed by atoms with Gasteiger partial charge in [0.2, 0.25) is 0 Å². The molecule has 1 aliphatic carbocycles.